The number of hydrogen-bond donors (Lipinski definition) is 5. The summed E-state index contributed by atoms with van der Waals surface area (Å²) in [7, 11) is 0. The van der Waals surface area contributed by atoms with Crippen LogP contribution in [0.1, 0.15) is 11.9 Å². The maximum Gasteiger partial charge on any atom is 0.184 e. The van der Waals surface area contributed by atoms with Gasteiger partial charge in [-0.25, -0.2) is 8.78 Å². The lowest BCUT2D eigenvalue weighted by atomic mass is 10.1. The molecule has 1 aromatic rings. The number of halogens is 2. The Labute approximate surface area is 154 Å². The van der Waals surface area contributed by atoms with Crippen LogP contribution in [-0.2, 0) is 9.47 Å². The van der Waals surface area contributed by atoms with Crippen LogP contribution < -0.4 is 0 Å². The van der Waals surface area contributed by atoms with Crippen LogP contribution in [0.15, 0.2) is 18.2 Å². The Morgan fingerprint density at radius 3 is 2.56 bits per heavy atom. The highest BCUT2D eigenvalue weighted by atomic mass is 19.2. The Bertz CT molecular complexity index is 652. The zero-order valence-corrected chi connectivity index (χ0v) is 14.4. The fraction of sp³-hybridized carbons (Fsp3) is 0.647. The van der Waals surface area contributed by atoms with Crippen molar-refractivity contribution < 1.29 is 43.8 Å². The van der Waals surface area contributed by atoms with Gasteiger partial charge in [-0.2, -0.15) is 0 Å². The van der Waals surface area contributed by atoms with Crippen LogP contribution in [0.2, 0.25) is 0 Å². The molecule has 7 atom stereocenters. The molecule has 10 heteroatoms. The van der Waals surface area contributed by atoms with Crippen LogP contribution in [0.3, 0.4) is 0 Å². The second-order valence-corrected chi connectivity index (χ2v) is 6.84. The number of ether oxygens (including phenoxy) is 2. The first-order valence-electron chi connectivity index (χ1n) is 8.61. The third-order valence-electron chi connectivity index (χ3n) is 4.96. The molecule has 152 valence electrons. The van der Waals surface area contributed by atoms with Crippen LogP contribution in [0.4, 0.5) is 8.78 Å². The summed E-state index contributed by atoms with van der Waals surface area (Å²) in [6.45, 7) is -0.666. The molecule has 1 aromatic carbocycles. The smallest absolute Gasteiger partial charge is 0.184 e. The number of benzene rings is 1. The first-order valence-corrected chi connectivity index (χ1v) is 8.61. The molecule has 8 nitrogen and oxygen atoms in total. The summed E-state index contributed by atoms with van der Waals surface area (Å²) < 4.78 is 37.4. The molecule has 0 spiro atoms. The molecule has 0 amide bonds. The van der Waals surface area contributed by atoms with Crippen molar-refractivity contribution in [2.24, 2.45) is 0 Å². The van der Waals surface area contributed by atoms with E-state index < -0.39 is 61.1 Å². The fourth-order valence-corrected chi connectivity index (χ4v) is 3.47. The van der Waals surface area contributed by atoms with Gasteiger partial charge in [-0.1, -0.05) is 6.07 Å². The van der Waals surface area contributed by atoms with Gasteiger partial charge in [-0.15, -0.1) is 0 Å². The van der Waals surface area contributed by atoms with E-state index in [9.17, 15) is 34.3 Å². The van der Waals surface area contributed by atoms with E-state index in [-0.39, 0.29) is 25.3 Å². The Hall–Kier alpha value is -1.24. The molecule has 5 N–H and O–H groups in total. The van der Waals surface area contributed by atoms with Gasteiger partial charge in [0.05, 0.1) is 37.6 Å². The molecule has 0 aromatic heterocycles. The summed E-state index contributed by atoms with van der Waals surface area (Å²) in [5.74, 6) is -2.10. The number of nitrogens with zero attached hydrogens (tertiary/aromatic N) is 1. The number of hydrogen-bond acceptors (Lipinski definition) is 8. The van der Waals surface area contributed by atoms with Gasteiger partial charge in [0.1, 0.15) is 12.2 Å². The average Bonchev–Trinajstić information content (AvgIpc) is 2.90. The highest BCUT2D eigenvalue weighted by Crippen LogP contribution is 2.30. The predicted octanol–water partition coefficient (Wildman–Crippen LogP) is -1.50. The summed E-state index contributed by atoms with van der Waals surface area (Å²) >= 11 is 0. The Morgan fingerprint density at radius 2 is 1.89 bits per heavy atom. The maximum atomic E-state index is 13.4. The molecule has 0 aliphatic carbocycles. The van der Waals surface area contributed by atoms with Gasteiger partial charge < -0.3 is 35.0 Å². The van der Waals surface area contributed by atoms with Gasteiger partial charge in [0.15, 0.2) is 17.9 Å². The van der Waals surface area contributed by atoms with Gasteiger partial charge in [-0.05, 0) is 12.1 Å². The van der Waals surface area contributed by atoms with Crippen LogP contribution in [0.5, 0.6) is 0 Å². The van der Waals surface area contributed by atoms with Crippen molar-refractivity contribution in [1.82, 2.24) is 4.90 Å². The molecule has 2 saturated heterocycles. The molecular weight excluding hydrogens is 368 g/mol. The minimum atomic E-state index is -1.25. The standard InChI is InChI=1S/C17H23F2NO7/c18-9-2-1-8(3-10(9)19)17-26-7-14(24)16(27-17)13(23)5-20-4-12(22)15(25)11(20)6-21/h1-3,11-17,21-25H,4-7H2/t11-,12-,13-,14-,15-,16-,17?/m1/s1. The Balaban J connectivity index is 1.68. The van der Waals surface area contributed by atoms with Crippen LogP contribution in [0, 0.1) is 11.6 Å². The number of likely N-dealkylation sites (tertiary alicyclic amines) is 1. The molecule has 0 bridgehead atoms. The summed E-state index contributed by atoms with van der Waals surface area (Å²) in [5, 5.41) is 49.5. The summed E-state index contributed by atoms with van der Waals surface area (Å²) in [6.07, 6.45) is -6.85. The average molecular weight is 391 g/mol. The predicted molar refractivity (Wildman–Crippen MR) is 86.4 cm³/mol. The van der Waals surface area contributed by atoms with Gasteiger partial charge in [0, 0.05) is 18.7 Å². The molecule has 2 fully saturated rings. The minimum absolute atomic E-state index is 0.0371. The molecular formula is C17H23F2NO7. The normalized spacial score (nSPS) is 36.1. The number of aliphatic hydroxyl groups excluding tert-OH is 5. The van der Waals surface area contributed by atoms with E-state index in [2.05, 4.69) is 0 Å². The Morgan fingerprint density at radius 1 is 1.15 bits per heavy atom. The number of β-amino-alcohol motifs (C(OH)–C–C–N with tert-alkyl or cyclic N) is 2. The second-order valence-electron chi connectivity index (χ2n) is 6.84. The van der Waals surface area contributed by atoms with Crippen molar-refractivity contribution in [2.75, 3.05) is 26.3 Å². The highest BCUT2D eigenvalue weighted by molar-refractivity contribution is 5.19. The van der Waals surface area contributed by atoms with Crippen LogP contribution in [0.25, 0.3) is 0 Å². The van der Waals surface area contributed by atoms with Crippen molar-refractivity contribution in [3.63, 3.8) is 0 Å². The lowest BCUT2D eigenvalue weighted by Crippen LogP contribution is -2.52. The topological polar surface area (TPSA) is 123 Å². The van der Waals surface area contributed by atoms with Gasteiger partial charge in [0.25, 0.3) is 0 Å². The van der Waals surface area contributed by atoms with E-state index in [0.717, 1.165) is 12.1 Å². The molecule has 2 heterocycles. The van der Waals surface area contributed by atoms with Crippen molar-refractivity contribution in [1.29, 1.82) is 0 Å². The molecule has 1 unspecified atom stereocenters. The summed E-state index contributed by atoms with van der Waals surface area (Å²) in [6, 6.07) is 2.36. The lowest BCUT2D eigenvalue weighted by Gasteiger charge is -2.38. The first kappa shape index (κ1) is 20.5. The van der Waals surface area contributed by atoms with Crippen molar-refractivity contribution >= 4 is 0 Å². The minimum Gasteiger partial charge on any atom is -0.395 e. The Kier molecular flexibility index (Phi) is 6.39. The van der Waals surface area contributed by atoms with E-state index in [1.165, 1.54) is 11.0 Å². The van der Waals surface area contributed by atoms with E-state index in [0.29, 0.717) is 0 Å². The number of rotatable bonds is 5. The van der Waals surface area contributed by atoms with Crippen LogP contribution >= 0.6 is 0 Å². The fourth-order valence-electron chi connectivity index (χ4n) is 3.47. The summed E-state index contributed by atoms with van der Waals surface area (Å²) in [4.78, 5) is 1.50. The second kappa shape index (κ2) is 8.41. The monoisotopic (exact) mass is 391 g/mol. The zero-order chi connectivity index (χ0) is 19.7. The third kappa shape index (κ3) is 4.28. The van der Waals surface area contributed by atoms with Gasteiger partial charge in [0.2, 0.25) is 0 Å². The molecule has 2 aliphatic rings. The van der Waals surface area contributed by atoms with Crippen LogP contribution in [-0.4, -0.2) is 93.3 Å². The first-order chi connectivity index (χ1) is 12.8. The van der Waals surface area contributed by atoms with E-state index >= 15 is 0 Å². The maximum absolute atomic E-state index is 13.4. The highest BCUT2D eigenvalue weighted by Gasteiger charge is 2.43. The van der Waals surface area contributed by atoms with Gasteiger partial charge >= 0.3 is 0 Å². The van der Waals surface area contributed by atoms with Crippen molar-refractivity contribution in [2.45, 2.75) is 42.9 Å². The van der Waals surface area contributed by atoms with E-state index in [4.69, 9.17) is 9.47 Å². The summed E-state index contributed by atoms with van der Waals surface area (Å²) in [5.41, 5.74) is 0.193. The molecule has 0 radical (unpaired) electrons. The molecule has 0 saturated carbocycles. The zero-order valence-electron chi connectivity index (χ0n) is 14.4. The SMILES string of the molecule is OC[C@@H]1[C@@H](O)[C@H](O)CN1C[C@@H](O)[C@H]1OC(c2ccc(F)c(F)c2)OC[C@H]1O. The molecule has 27 heavy (non-hydrogen) atoms. The largest absolute Gasteiger partial charge is 0.395 e. The van der Waals surface area contributed by atoms with E-state index in [1.54, 1.807) is 0 Å². The van der Waals surface area contributed by atoms with E-state index in [1.807, 2.05) is 0 Å². The molecule has 3 rings (SSSR count). The number of aliphatic hydroxyl groups is 5. The lowest BCUT2D eigenvalue weighted by molar-refractivity contribution is -0.276. The van der Waals surface area contributed by atoms with Gasteiger partial charge in [-0.3, -0.25) is 4.90 Å². The quantitative estimate of drug-likeness (QED) is 0.411. The third-order valence-corrected chi connectivity index (χ3v) is 4.96. The van der Waals surface area contributed by atoms with Crippen molar-refractivity contribution in [3.05, 3.63) is 35.4 Å². The molecule has 2 aliphatic heterocycles. The van der Waals surface area contributed by atoms with Crippen molar-refractivity contribution in [3.8, 4) is 0 Å².